The smallest absolute Gasteiger partial charge is 0.240 e. The average molecular weight is 634 g/mol. The van der Waals surface area contributed by atoms with E-state index in [4.69, 9.17) is 16.3 Å². The van der Waals surface area contributed by atoms with Crippen molar-refractivity contribution in [3.05, 3.63) is 102 Å². The molecule has 6 rings (SSSR count). The lowest BCUT2D eigenvalue weighted by atomic mass is 10.1. The van der Waals surface area contributed by atoms with Crippen LogP contribution < -0.4 is 15.4 Å². The molecule has 1 fully saturated rings. The molecule has 0 atom stereocenters. The van der Waals surface area contributed by atoms with Crippen molar-refractivity contribution in [3.63, 3.8) is 0 Å². The van der Waals surface area contributed by atoms with E-state index in [2.05, 4.69) is 20.6 Å². The quantitative estimate of drug-likeness (QED) is 0.207. The number of amides is 1. The second kappa shape index (κ2) is 12.6. The maximum absolute atomic E-state index is 13.5. The molecule has 1 amide bonds. The Morgan fingerprint density at radius 3 is 2.66 bits per heavy atom. The van der Waals surface area contributed by atoms with Crippen LogP contribution in [0.2, 0.25) is 5.02 Å². The Labute approximate surface area is 259 Å². The molecule has 1 aliphatic heterocycles. The summed E-state index contributed by atoms with van der Waals surface area (Å²) in [6.45, 7) is 0.318. The molecule has 5 aromatic rings. The highest BCUT2D eigenvalue weighted by Crippen LogP contribution is 2.32. The van der Waals surface area contributed by atoms with Gasteiger partial charge < -0.3 is 19.9 Å². The van der Waals surface area contributed by atoms with Gasteiger partial charge in [0.15, 0.2) is 0 Å². The molecule has 1 aliphatic rings. The maximum atomic E-state index is 13.5. The van der Waals surface area contributed by atoms with E-state index in [0.717, 1.165) is 22.0 Å². The fourth-order valence-corrected chi connectivity index (χ4v) is 6.87. The number of sulfone groups is 1. The third-order valence-corrected chi connectivity index (χ3v) is 9.45. The summed E-state index contributed by atoms with van der Waals surface area (Å²) in [4.78, 5) is 21.5. The van der Waals surface area contributed by atoms with E-state index in [-0.39, 0.29) is 42.4 Å². The zero-order valence-corrected chi connectivity index (χ0v) is 25.1. The van der Waals surface area contributed by atoms with Crippen molar-refractivity contribution in [2.45, 2.75) is 32.0 Å². The van der Waals surface area contributed by atoms with Crippen LogP contribution in [-0.2, 0) is 27.8 Å². The zero-order chi connectivity index (χ0) is 30.7. The van der Waals surface area contributed by atoms with Gasteiger partial charge in [0.25, 0.3) is 0 Å². The molecule has 3 heterocycles. The molecule has 0 radical (unpaired) electrons. The molecule has 2 N–H and O–H groups in total. The second-order valence-electron chi connectivity index (χ2n) is 10.7. The normalized spacial score (nSPS) is 14.8. The van der Waals surface area contributed by atoms with Crippen molar-refractivity contribution < 1.29 is 22.3 Å². The number of hydrogen-bond donors (Lipinski definition) is 2. The number of halogens is 2. The number of nitrogens with one attached hydrogen (secondary N) is 2. The van der Waals surface area contributed by atoms with Gasteiger partial charge in [-0.3, -0.25) is 4.79 Å². The van der Waals surface area contributed by atoms with Crippen molar-refractivity contribution in [2.75, 3.05) is 16.8 Å². The molecule has 1 saturated heterocycles. The topological polar surface area (TPSA) is 115 Å². The minimum Gasteiger partial charge on any atom is -0.487 e. The summed E-state index contributed by atoms with van der Waals surface area (Å²) in [6, 6.07) is 19.2. The summed E-state index contributed by atoms with van der Waals surface area (Å²) < 4.78 is 44.4. The van der Waals surface area contributed by atoms with Gasteiger partial charge >= 0.3 is 0 Å². The van der Waals surface area contributed by atoms with E-state index in [0.29, 0.717) is 40.7 Å². The number of rotatable bonds is 9. The monoisotopic (exact) mass is 633 g/mol. The van der Waals surface area contributed by atoms with Crippen LogP contribution in [0.4, 0.5) is 15.9 Å². The van der Waals surface area contributed by atoms with Crippen LogP contribution in [0.5, 0.6) is 5.75 Å². The lowest BCUT2D eigenvalue weighted by molar-refractivity contribution is -0.122. The molecule has 0 aliphatic carbocycles. The van der Waals surface area contributed by atoms with Crippen LogP contribution >= 0.6 is 11.6 Å². The van der Waals surface area contributed by atoms with E-state index in [1.165, 1.54) is 18.5 Å². The van der Waals surface area contributed by atoms with Crippen LogP contribution in [0.1, 0.15) is 18.4 Å². The van der Waals surface area contributed by atoms with Gasteiger partial charge in [0, 0.05) is 29.5 Å². The molecular formula is C32H29ClFN5O4S. The Kier molecular flexibility index (Phi) is 8.49. The first-order chi connectivity index (χ1) is 21.2. The number of nitrogens with zero attached hydrogens (tertiary/aromatic N) is 3. The summed E-state index contributed by atoms with van der Waals surface area (Å²) in [7, 11) is -2.98. The first-order valence-corrected chi connectivity index (χ1v) is 16.3. The van der Waals surface area contributed by atoms with Gasteiger partial charge in [0.2, 0.25) is 5.91 Å². The highest BCUT2D eigenvalue weighted by molar-refractivity contribution is 7.91. The summed E-state index contributed by atoms with van der Waals surface area (Å²) in [5.41, 5.74) is 3.99. The van der Waals surface area contributed by atoms with Gasteiger partial charge in [0.05, 0.1) is 22.0 Å². The van der Waals surface area contributed by atoms with Crippen molar-refractivity contribution in [1.82, 2.24) is 19.9 Å². The summed E-state index contributed by atoms with van der Waals surface area (Å²) in [6.07, 6.45) is 6.11. The lowest BCUT2D eigenvalue weighted by Crippen LogP contribution is -2.42. The van der Waals surface area contributed by atoms with Gasteiger partial charge in [-0.05, 0) is 78.1 Å². The van der Waals surface area contributed by atoms with Crippen molar-refractivity contribution in [1.29, 1.82) is 0 Å². The van der Waals surface area contributed by atoms with Crippen LogP contribution in [0.15, 0.2) is 85.5 Å². The summed E-state index contributed by atoms with van der Waals surface area (Å²) >= 11 is 6.49. The number of hydrogen-bond acceptors (Lipinski definition) is 7. The highest BCUT2D eigenvalue weighted by Gasteiger charge is 2.24. The van der Waals surface area contributed by atoms with E-state index in [9.17, 15) is 17.6 Å². The van der Waals surface area contributed by atoms with Crippen LogP contribution in [0.3, 0.4) is 0 Å². The van der Waals surface area contributed by atoms with Gasteiger partial charge in [-0.25, -0.2) is 22.8 Å². The highest BCUT2D eigenvalue weighted by atomic mass is 35.5. The van der Waals surface area contributed by atoms with Crippen LogP contribution in [-0.4, -0.2) is 46.4 Å². The predicted molar refractivity (Wildman–Crippen MR) is 168 cm³/mol. The molecule has 9 nitrogen and oxygen atoms in total. The molecule has 0 bridgehead atoms. The number of carbonyl (C=O) groups excluding carboxylic acids is 1. The Morgan fingerprint density at radius 2 is 1.86 bits per heavy atom. The molecule has 3 aromatic carbocycles. The first-order valence-electron chi connectivity index (χ1n) is 14.1. The Morgan fingerprint density at radius 1 is 1.02 bits per heavy atom. The number of ether oxygens (including phenoxy) is 1. The zero-order valence-electron chi connectivity index (χ0n) is 23.5. The fourth-order valence-electron chi connectivity index (χ4n) is 5.14. The Balaban J connectivity index is 1.13. The van der Waals surface area contributed by atoms with E-state index in [1.54, 1.807) is 28.8 Å². The minimum absolute atomic E-state index is 0.110. The van der Waals surface area contributed by atoms with E-state index in [1.807, 2.05) is 42.7 Å². The largest absolute Gasteiger partial charge is 0.487 e. The third kappa shape index (κ3) is 7.17. The molecule has 12 heteroatoms. The third-order valence-electron chi connectivity index (χ3n) is 7.44. The molecule has 44 heavy (non-hydrogen) atoms. The standard InChI is InChI=1S/C32H29ClFN5O4S/c33-28-16-26(5-7-30(28)43-19-21-2-1-3-24(34)14-21)38-32-27-15-22(4-6-29(27)35-20-36-32)23-8-11-39(17-23)18-31(40)37-25-9-12-44(41,42)13-10-25/h1-8,11,14-17,20,25H,9-10,12-13,18-19H2,(H,37,40)(H,35,36,38). The van der Waals surface area contributed by atoms with Gasteiger partial charge in [0.1, 0.15) is 46.7 Å². The molecule has 2 aromatic heterocycles. The predicted octanol–water partition coefficient (Wildman–Crippen LogP) is 5.91. The lowest BCUT2D eigenvalue weighted by Gasteiger charge is -2.23. The average Bonchev–Trinajstić information content (AvgIpc) is 3.46. The minimum atomic E-state index is -2.98. The number of carbonyl (C=O) groups is 1. The van der Waals surface area contributed by atoms with Gasteiger partial charge in [-0.15, -0.1) is 0 Å². The SMILES string of the molecule is O=C(Cn1ccc(-c2ccc3ncnc(Nc4ccc(OCc5cccc(F)c5)c(Cl)c4)c3c2)c1)NC1CCS(=O)(=O)CC1. The first kappa shape index (κ1) is 29.6. The van der Waals surface area contributed by atoms with Crippen LogP contribution in [0.25, 0.3) is 22.0 Å². The van der Waals surface area contributed by atoms with Gasteiger partial charge in [-0.2, -0.15) is 0 Å². The molecular weight excluding hydrogens is 605 g/mol. The summed E-state index contributed by atoms with van der Waals surface area (Å²) in [5.74, 6) is 0.807. The van der Waals surface area contributed by atoms with Crippen molar-refractivity contribution in [3.8, 4) is 16.9 Å². The Bertz CT molecular complexity index is 1930. The molecule has 0 spiro atoms. The van der Waals surface area contributed by atoms with Crippen LogP contribution in [0, 0.1) is 5.82 Å². The molecule has 226 valence electrons. The number of fused-ring (bicyclic) bond motifs is 1. The molecule has 0 saturated carbocycles. The fraction of sp³-hybridized carbons (Fsp3) is 0.219. The van der Waals surface area contributed by atoms with E-state index < -0.39 is 9.84 Å². The number of aromatic nitrogens is 3. The number of anilines is 2. The van der Waals surface area contributed by atoms with E-state index >= 15 is 0 Å². The van der Waals surface area contributed by atoms with Crippen molar-refractivity contribution in [2.24, 2.45) is 0 Å². The van der Waals surface area contributed by atoms with Crippen molar-refractivity contribution >= 4 is 49.8 Å². The summed E-state index contributed by atoms with van der Waals surface area (Å²) in [5, 5.41) is 7.46. The number of benzene rings is 3. The maximum Gasteiger partial charge on any atom is 0.240 e. The second-order valence-corrected chi connectivity index (χ2v) is 13.4. The Hall–Kier alpha value is -4.48. The molecule has 0 unspecified atom stereocenters. The van der Waals surface area contributed by atoms with Gasteiger partial charge in [-0.1, -0.05) is 29.8 Å².